The highest BCUT2D eigenvalue weighted by atomic mass is 16.3. The van der Waals surface area contributed by atoms with Gasteiger partial charge in [0.1, 0.15) is 0 Å². The number of aliphatic hydroxyl groups excluding tert-OH is 1. The molecule has 0 saturated carbocycles. The van der Waals surface area contributed by atoms with Crippen molar-refractivity contribution in [1.82, 2.24) is 0 Å². The van der Waals surface area contributed by atoms with Gasteiger partial charge in [-0.05, 0) is 31.8 Å². The summed E-state index contributed by atoms with van der Waals surface area (Å²) < 4.78 is 0. The number of unbranched alkanes of at least 4 members (excludes halogenated alkanes) is 2. The van der Waals surface area contributed by atoms with Crippen molar-refractivity contribution in [3.8, 4) is 0 Å². The van der Waals surface area contributed by atoms with Gasteiger partial charge in [-0.25, -0.2) is 0 Å². The number of aliphatic hydroxyl groups is 1. The van der Waals surface area contributed by atoms with E-state index in [2.05, 4.69) is 13.8 Å². The molecule has 0 radical (unpaired) electrons. The van der Waals surface area contributed by atoms with Crippen LogP contribution in [0.1, 0.15) is 52.9 Å². The molecule has 0 aliphatic carbocycles. The van der Waals surface area contributed by atoms with Crippen LogP contribution in [-0.4, -0.2) is 5.11 Å². The molecule has 12 heavy (non-hydrogen) atoms. The zero-order chi connectivity index (χ0) is 9.40. The quantitative estimate of drug-likeness (QED) is 0.471. The monoisotopic (exact) mass is 170 g/mol. The molecule has 72 valence electrons. The van der Waals surface area contributed by atoms with E-state index in [9.17, 15) is 0 Å². The van der Waals surface area contributed by atoms with Crippen molar-refractivity contribution in [2.75, 3.05) is 0 Å². The maximum absolute atomic E-state index is 9.07. The minimum absolute atomic E-state index is 0.471. The highest BCUT2D eigenvalue weighted by Crippen LogP contribution is 2.15. The Labute approximate surface area is 76.5 Å². The molecule has 0 bridgehead atoms. The van der Waals surface area contributed by atoms with Gasteiger partial charge in [0.05, 0.1) is 5.76 Å². The number of rotatable bonds is 6. The van der Waals surface area contributed by atoms with E-state index < -0.39 is 0 Å². The summed E-state index contributed by atoms with van der Waals surface area (Å²) in [6.45, 7) is 6.15. The van der Waals surface area contributed by atoms with Crippen LogP contribution in [0.5, 0.6) is 0 Å². The van der Waals surface area contributed by atoms with Crippen molar-refractivity contribution in [3.05, 3.63) is 11.8 Å². The second-order valence-corrected chi connectivity index (χ2v) is 3.47. The number of allylic oxidation sites excluding steroid dienone is 2. The molecule has 0 rings (SSSR count). The SMILES string of the molecule is CCCCCC(/C=C(\C)O)CC. The lowest BCUT2D eigenvalue weighted by Crippen LogP contribution is -1.95. The summed E-state index contributed by atoms with van der Waals surface area (Å²) in [5.41, 5.74) is 0. The third-order valence-electron chi connectivity index (χ3n) is 2.18. The van der Waals surface area contributed by atoms with E-state index >= 15 is 0 Å². The average Bonchev–Trinajstić information content (AvgIpc) is 2.02. The zero-order valence-corrected chi connectivity index (χ0v) is 8.64. The molecule has 0 amide bonds. The van der Waals surface area contributed by atoms with Crippen LogP contribution in [0.2, 0.25) is 0 Å². The van der Waals surface area contributed by atoms with Gasteiger partial charge in [-0.2, -0.15) is 0 Å². The zero-order valence-electron chi connectivity index (χ0n) is 8.64. The summed E-state index contributed by atoms with van der Waals surface area (Å²) in [6, 6.07) is 0. The van der Waals surface area contributed by atoms with Crippen LogP contribution in [0.25, 0.3) is 0 Å². The lowest BCUT2D eigenvalue weighted by Gasteiger charge is -2.09. The fraction of sp³-hybridized carbons (Fsp3) is 0.818. The molecule has 0 saturated heterocycles. The Morgan fingerprint density at radius 1 is 1.33 bits per heavy atom. The van der Waals surface area contributed by atoms with Gasteiger partial charge in [0.15, 0.2) is 0 Å². The van der Waals surface area contributed by atoms with E-state index in [-0.39, 0.29) is 0 Å². The molecule has 0 aliphatic rings. The summed E-state index contributed by atoms with van der Waals surface area (Å²) in [4.78, 5) is 0. The maximum Gasteiger partial charge on any atom is 0.0854 e. The molecule has 0 spiro atoms. The first-order chi connectivity index (χ1) is 5.70. The second-order valence-electron chi connectivity index (χ2n) is 3.47. The molecule has 1 atom stereocenters. The molecular weight excluding hydrogens is 148 g/mol. The van der Waals surface area contributed by atoms with Gasteiger partial charge in [-0.1, -0.05) is 33.1 Å². The van der Waals surface area contributed by atoms with Crippen LogP contribution in [0.3, 0.4) is 0 Å². The summed E-state index contributed by atoms with van der Waals surface area (Å²) >= 11 is 0. The molecular formula is C11H22O. The minimum Gasteiger partial charge on any atom is -0.513 e. The lowest BCUT2D eigenvalue weighted by molar-refractivity contribution is 0.399. The van der Waals surface area contributed by atoms with Gasteiger partial charge in [0.2, 0.25) is 0 Å². The van der Waals surface area contributed by atoms with Gasteiger partial charge in [0.25, 0.3) is 0 Å². The minimum atomic E-state index is 0.471. The highest BCUT2D eigenvalue weighted by molar-refractivity contribution is 4.91. The van der Waals surface area contributed by atoms with Crippen molar-refractivity contribution in [2.24, 2.45) is 5.92 Å². The smallest absolute Gasteiger partial charge is 0.0854 e. The predicted molar refractivity (Wildman–Crippen MR) is 54.3 cm³/mol. The first kappa shape index (κ1) is 11.5. The molecule has 0 heterocycles. The van der Waals surface area contributed by atoms with Crippen LogP contribution >= 0.6 is 0 Å². The summed E-state index contributed by atoms with van der Waals surface area (Å²) in [6.07, 6.45) is 8.23. The summed E-state index contributed by atoms with van der Waals surface area (Å²) in [5.74, 6) is 1.06. The van der Waals surface area contributed by atoms with Crippen LogP contribution in [0, 0.1) is 5.92 Å². The number of hydrogen-bond donors (Lipinski definition) is 1. The van der Waals surface area contributed by atoms with E-state index in [0.29, 0.717) is 11.7 Å². The van der Waals surface area contributed by atoms with Gasteiger partial charge < -0.3 is 5.11 Å². The molecule has 1 heteroatoms. The van der Waals surface area contributed by atoms with Crippen LogP contribution in [0.4, 0.5) is 0 Å². The third-order valence-corrected chi connectivity index (χ3v) is 2.18. The Bertz CT molecular complexity index is 123. The first-order valence-corrected chi connectivity index (χ1v) is 5.08. The van der Waals surface area contributed by atoms with Crippen molar-refractivity contribution >= 4 is 0 Å². The fourth-order valence-electron chi connectivity index (χ4n) is 1.40. The standard InChI is InChI=1S/C11H22O/c1-4-6-7-8-11(5-2)9-10(3)12/h9,11-12H,4-8H2,1-3H3/b10-9+. The highest BCUT2D eigenvalue weighted by Gasteiger charge is 2.01. The maximum atomic E-state index is 9.07. The molecule has 0 aromatic rings. The van der Waals surface area contributed by atoms with E-state index in [1.54, 1.807) is 6.92 Å². The average molecular weight is 170 g/mol. The topological polar surface area (TPSA) is 20.2 Å². The molecule has 1 N–H and O–H groups in total. The van der Waals surface area contributed by atoms with E-state index in [1.807, 2.05) is 6.08 Å². The van der Waals surface area contributed by atoms with Crippen LogP contribution < -0.4 is 0 Å². The largest absolute Gasteiger partial charge is 0.513 e. The van der Waals surface area contributed by atoms with Crippen LogP contribution in [0.15, 0.2) is 11.8 Å². The Morgan fingerprint density at radius 3 is 2.42 bits per heavy atom. The van der Waals surface area contributed by atoms with E-state index in [4.69, 9.17) is 5.11 Å². The van der Waals surface area contributed by atoms with Crippen LogP contribution in [-0.2, 0) is 0 Å². The molecule has 1 nitrogen and oxygen atoms in total. The predicted octanol–water partition coefficient (Wildman–Crippen LogP) is 4.05. The van der Waals surface area contributed by atoms with Crippen molar-refractivity contribution in [2.45, 2.75) is 52.9 Å². The van der Waals surface area contributed by atoms with Crippen molar-refractivity contribution < 1.29 is 5.11 Å². The molecule has 0 aromatic carbocycles. The Morgan fingerprint density at radius 2 is 2.00 bits per heavy atom. The van der Waals surface area contributed by atoms with Gasteiger partial charge in [0, 0.05) is 0 Å². The Balaban J connectivity index is 3.61. The van der Waals surface area contributed by atoms with Crippen molar-refractivity contribution in [3.63, 3.8) is 0 Å². The van der Waals surface area contributed by atoms with Gasteiger partial charge in [-0.3, -0.25) is 0 Å². The van der Waals surface area contributed by atoms with E-state index in [0.717, 1.165) is 6.42 Å². The van der Waals surface area contributed by atoms with Gasteiger partial charge >= 0.3 is 0 Å². The molecule has 0 fully saturated rings. The summed E-state index contributed by atoms with van der Waals surface area (Å²) in [7, 11) is 0. The lowest BCUT2D eigenvalue weighted by atomic mass is 9.98. The Kier molecular flexibility index (Phi) is 6.93. The fourth-order valence-corrected chi connectivity index (χ4v) is 1.40. The first-order valence-electron chi connectivity index (χ1n) is 5.08. The van der Waals surface area contributed by atoms with Crippen molar-refractivity contribution in [1.29, 1.82) is 0 Å². The molecule has 0 aromatic heterocycles. The number of hydrogen-bond acceptors (Lipinski definition) is 1. The van der Waals surface area contributed by atoms with Gasteiger partial charge in [-0.15, -0.1) is 0 Å². The Hall–Kier alpha value is -0.460. The molecule has 0 aliphatic heterocycles. The normalized spacial score (nSPS) is 14.8. The second kappa shape index (κ2) is 7.20. The van der Waals surface area contributed by atoms with E-state index in [1.165, 1.54) is 25.7 Å². The molecule has 1 unspecified atom stereocenters. The summed E-state index contributed by atoms with van der Waals surface area (Å²) in [5, 5.41) is 9.07. The third kappa shape index (κ3) is 6.26.